The molecular formula is C13H18F3NO2S. The average molecular weight is 309 g/mol. The molecule has 1 atom stereocenters. The molecule has 1 heterocycles. The third-order valence-corrected chi connectivity index (χ3v) is 4.45. The van der Waals surface area contributed by atoms with Crippen LogP contribution in [0.4, 0.5) is 13.2 Å². The quantitative estimate of drug-likeness (QED) is 0.868. The van der Waals surface area contributed by atoms with Gasteiger partial charge in [0.25, 0.3) is 0 Å². The van der Waals surface area contributed by atoms with E-state index in [-0.39, 0.29) is 12.0 Å². The van der Waals surface area contributed by atoms with Crippen molar-refractivity contribution < 1.29 is 23.0 Å². The van der Waals surface area contributed by atoms with Gasteiger partial charge < -0.3 is 9.84 Å². The molecule has 20 heavy (non-hydrogen) atoms. The van der Waals surface area contributed by atoms with Crippen LogP contribution in [0.15, 0.2) is 0 Å². The maximum absolute atomic E-state index is 11.9. The van der Waals surface area contributed by atoms with Gasteiger partial charge in [0.05, 0.1) is 28.3 Å². The average Bonchev–Trinajstić information content (AvgIpc) is 2.64. The maximum Gasteiger partial charge on any atom is 0.411 e. The van der Waals surface area contributed by atoms with Crippen LogP contribution >= 0.6 is 11.3 Å². The number of hydrogen-bond acceptors (Lipinski definition) is 4. The van der Waals surface area contributed by atoms with E-state index in [1.807, 2.05) is 0 Å². The number of aliphatic hydroxyl groups is 1. The van der Waals surface area contributed by atoms with Crippen LogP contribution in [0.1, 0.15) is 42.0 Å². The Balaban J connectivity index is 1.92. The van der Waals surface area contributed by atoms with Crippen LogP contribution in [-0.2, 0) is 17.6 Å². The van der Waals surface area contributed by atoms with Gasteiger partial charge in [-0.05, 0) is 18.3 Å². The van der Waals surface area contributed by atoms with E-state index in [1.54, 1.807) is 0 Å². The Morgan fingerprint density at radius 2 is 2.15 bits per heavy atom. The molecule has 1 aromatic heterocycles. The number of rotatable bonds is 4. The van der Waals surface area contributed by atoms with Crippen LogP contribution in [-0.4, -0.2) is 29.5 Å². The first kappa shape index (κ1) is 15.7. The Labute approximate surface area is 119 Å². The van der Waals surface area contributed by atoms with E-state index in [0.29, 0.717) is 12.8 Å². The van der Waals surface area contributed by atoms with Crippen LogP contribution in [0.25, 0.3) is 0 Å². The summed E-state index contributed by atoms with van der Waals surface area (Å²) in [7, 11) is 0. The van der Waals surface area contributed by atoms with Crippen molar-refractivity contribution in [3.63, 3.8) is 0 Å². The lowest BCUT2D eigenvalue weighted by Crippen LogP contribution is -2.24. The van der Waals surface area contributed by atoms with Crippen molar-refractivity contribution in [3.05, 3.63) is 15.6 Å². The fourth-order valence-electron chi connectivity index (χ4n) is 2.40. The fourth-order valence-corrected chi connectivity index (χ4v) is 3.45. The number of halogens is 3. The minimum atomic E-state index is -4.29. The summed E-state index contributed by atoms with van der Waals surface area (Å²) < 4.78 is 40.4. The normalized spacial score (nSPS) is 21.8. The lowest BCUT2D eigenvalue weighted by molar-refractivity contribution is -0.173. The third kappa shape index (κ3) is 4.17. The number of aliphatic hydroxyl groups excluding tert-OH is 1. The van der Waals surface area contributed by atoms with Crippen molar-refractivity contribution in [2.45, 2.75) is 45.4 Å². The van der Waals surface area contributed by atoms with E-state index in [9.17, 15) is 18.3 Å². The van der Waals surface area contributed by atoms with E-state index in [1.165, 1.54) is 11.3 Å². The van der Waals surface area contributed by atoms with Crippen LogP contribution in [0.5, 0.6) is 0 Å². The van der Waals surface area contributed by atoms with Crippen molar-refractivity contribution in [2.24, 2.45) is 5.41 Å². The van der Waals surface area contributed by atoms with Crippen LogP contribution in [0, 0.1) is 5.41 Å². The van der Waals surface area contributed by atoms with Crippen LogP contribution in [0.3, 0.4) is 0 Å². The minimum absolute atomic E-state index is 0.00451. The summed E-state index contributed by atoms with van der Waals surface area (Å²) in [4.78, 5) is 5.28. The highest BCUT2D eigenvalue weighted by molar-refractivity contribution is 7.11. The van der Waals surface area contributed by atoms with Gasteiger partial charge in [-0.1, -0.05) is 13.8 Å². The molecule has 0 bridgehead atoms. The molecule has 7 heteroatoms. The molecule has 0 saturated heterocycles. The lowest BCUT2D eigenvalue weighted by atomic mass is 9.77. The standard InChI is InChI=1S/C13H18F3NO2S/c1-12(2)5-8-11(9(18)6-12)20-10(17-8)3-4-19-7-13(14,15)16/h9,18H,3-7H2,1-2H3. The van der Waals surface area contributed by atoms with Gasteiger partial charge in [0.15, 0.2) is 0 Å². The van der Waals surface area contributed by atoms with Crippen molar-refractivity contribution in [1.29, 1.82) is 0 Å². The highest BCUT2D eigenvalue weighted by Gasteiger charge is 2.34. The molecule has 2 rings (SSSR count). The number of ether oxygens (including phenoxy) is 1. The topological polar surface area (TPSA) is 42.4 Å². The Hall–Kier alpha value is -0.660. The van der Waals surface area contributed by atoms with Gasteiger partial charge in [-0.3, -0.25) is 0 Å². The molecule has 3 nitrogen and oxygen atoms in total. The summed E-state index contributed by atoms with van der Waals surface area (Å²) in [5, 5.41) is 10.8. The van der Waals surface area contributed by atoms with Crippen molar-refractivity contribution in [2.75, 3.05) is 13.2 Å². The van der Waals surface area contributed by atoms with Crippen molar-refractivity contribution >= 4 is 11.3 Å². The molecular weight excluding hydrogens is 291 g/mol. The SMILES string of the molecule is CC1(C)Cc2nc(CCOCC(F)(F)F)sc2C(O)C1. The second-order valence-electron chi connectivity index (χ2n) is 5.90. The van der Waals surface area contributed by atoms with Gasteiger partial charge in [0.1, 0.15) is 6.61 Å². The molecule has 0 radical (unpaired) electrons. The van der Waals surface area contributed by atoms with E-state index < -0.39 is 18.9 Å². The molecule has 1 aromatic rings. The predicted octanol–water partition coefficient (Wildman–Crippen LogP) is 3.27. The lowest BCUT2D eigenvalue weighted by Gasteiger charge is -2.31. The predicted molar refractivity (Wildman–Crippen MR) is 69.8 cm³/mol. The summed E-state index contributed by atoms with van der Waals surface area (Å²) in [5.74, 6) is 0. The Bertz CT molecular complexity index is 471. The highest BCUT2D eigenvalue weighted by Crippen LogP contribution is 2.42. The molecule has 1 unspecified atom stereocenters. The number of alkyl halides is 3. The molecule has 0 saturated carbocycles. The minimum Gasteiger partial charge on any atom is -0.387 e. The molecule has 0 amide bonds. The Morgan fingerprint density at radius 1 is 1.45 bits per heavy atom. The Kier molecular flexibility index (Phi) is 4.41. The molecule has 0 fully saturated rings. The first-order valence-electron chi connectivity index (χ1n) is 6.47. The summed E-state index contributed by atoms with van der Waals surface area (Å²) >= 11 is 1.38. The van der Waals surface area contributed by atoms with Gasteiger partial charge in [0, 0.05) is 6.42 Å². The summed E-state index contributed by atoms with van der Waals surface area (Å²) in [6.45, 7) is 2.91. The van der Waals surface area contributed by atoms with Gasteiger partial charge in [-0.15, -0.1) is 11.3 Å². The second-order valence-corrected chi connectivity index (χ2v) is 7.01. The van der Waals surface area contributed by atoms with E-state index in [4.69, 9.17) is 0 Å². The number of thiazole rings is 1. The number of nitrogens with zero attached hydrogens (tertiary/aromatic N) is 1. The van der Waals surface area contributed by atoms with Crippen molar-refractivity contribution in [3.8, 4) is 0 Å². The molecule has 0 spiro atoms. The highest BCUT2D eigenvalue weighted by atomic mass is 32.1. The zero-order valence-corrected chi connectivity index (χ0v) is 12.3. The van der Waals surface area contributed by atoms with E-state index in [2.05, 4.69) is 23.6 Å². The molecule has 0 aromatic carbocycles. The smallest absolute Gasteiger partial charge is 0.387 e. The van der Waals surface area contributed by atoms with Crippen LogP contribution in [0.2, 0.25) is 0 Å². The summed E-state index contributed by atoms with van der Waals surface area (Å²) in [5.41, 5.74) is 0.884. The monoisotopic (exact) mass is 309 g/mol. The first-order chi connectivity index (χ1) is 9.16. The fraction of sp³-hybridized carbons (Fsp3) is 0.769. The van der Waals surface area contributed by atoms with E-state index in [0.717, 1.165) is 22.0 Å². The first-order valence-corrected chi connectivity index (χ1v) is 7.29. The third-order valence-electron chi connectivity index (χ3n) is 3.19. The van der Waals surface area contributed by atoms with E-state index >= 15 is 0 Å². The zero-order chi connectivity index (χ0) is 15.0. The molecule has 1 aliphatic rings. The molecule has 1 aliphatic carbocycles. The summed E-state index contributed by atoms with van der Waals surface area (Å²) in [6.07, 6.45) is -2.98. The number of hydrogen-bond donors (Lipinski definition) is 1. The van der Waals surface area contributed by atoms with Gasteiger partial charge >= 0.3 is 6.18 Å². The van der Waals surface area contributed by atoms with Gasteiger partial charge in [-0.25, -0.2) is 4.98 Å². The number of aromatic nitrogens is 1. The second kappa shape index (κ2) is 5.61. The van der Waals surface area contributed by atoms with Gasteiger partial charge in [-0.2, -0.15) is 13.2 Å². The molecule has 1 N–H and O–H groups in total. The number of fused-ring (bicyclic) bond motifs is 1. The van der Waals surface area contributed by atoms with Crippen molar-refractivity contribution in [1.82, 2.24) is 4.98 Å². The van der Waals surface area contributed by atoms with Crippen LogP contribution < -0.4 is 0 Å². The summed E-state index contributed by atoms with van der Waals surface area (Å²) in [6, 6.07) is 0. The Morgan fingerprint density at radius 3 is 2.80 bits per heavy atom. The molecule has 114 valence electrons. The van der Waals surface area contributed by atoms with Gasteiger partial charge in [0.2, 0.25) is 0 Å². The zero-order valence-electron chi connectivity index (χ0n) is 11.5. The maximum atomic E-state index is 11.9. The largest absolute Gasteiger partial charge is 0.411 e. The molecule has 0 aliphatic heterocycles.